The molecule has 0 saturated carbocycles. The van der Waals surface area contributed by atoms with Gasteiger partial charge >= 0.3 is 0 Å². The van der Waals surface area contributed by atoms with E-state index in [9.17, 15) is 14.4 Å². The first-order valence-electron chi connectivity index (χ1n) is 10.5. The van der Waals surface area contributed by atoms with Crippen LogP contribution in [0.1, 0.15) is 18.4 Å². The van der Waals surface area contributed by atoms with E-state index >= 15 is 0 Å². The molecule has 3 aromatic rings. The Morgan fingerprint density at radius 3 is 2.58 bits per heavy atom. The lowest BCUT2D eigenvalue weighted by Gasteiger charge is -2.23. The van der Waals surface area contributed by atoms with Crippen molar-refractivity contribution in [2.24, 2.45) is 0 Å². The maximum absolute atomic E-state index is 13.0. The number of nitrogens with zero attached hydrogens (tertiary/aromatic N) is 2. The molecule has 0 aliphatic heterocycles. The van der Waals surface area contributed by atoms with E-state index in [0.717, 1.165) is 5.56 Å². The smallest absolute Gasteiger partial charge is 0.240 e. The Kier molecular flexibility index (Phi) is 8.96. The van der Waals surface area contributed by atoms with Gasteiger partial charge in [0.15, 0.2) is 5.13 Å². The highest BCUT2D eigenvalue weighted by molar-refractivity contribution is 7.13. The van der Waals surface area contributed by atoms with Gasteiger partial charge in [-0.2, -0.15) is 0 Å². The molecule has 3 amide bonds. The van der Waals surface area contributed by atoms with Crippen LogP contribution in [0.15, 0.2) is 66.2 Å². The lowest BCUT2D eigenvalue weighted by Crippen LogP contribution is -2.41. The zero-order valence-corrected chi connectivity index (χ0v) is 19.1. The number of anilines is 2. The predicted octanol–water partition coefficient (Wildman–Crippen LogP) is 3.26. The zero-order valence-electron chi connectivity index (χ0n) is 18.3. The van der Waals surface area contributed by atoms with Crippen molar-refractivity contribution in [2.75, 3.05) is 30.4 Å². The van der Waals surface area contributed by atoms with E-state index in [1.807, 2.05) is 30.3 Å². The largest absolute Gasteiger partial charge is 0.497 e. The Bertz CT molecular complexity index is 1060. The van der Waals surface area contributed by atoms with Gasteiger partial charge in [0.1, 0.15) is 12.3 Å². The van der Waals surface area contributed by atoms with E-state index in [1.54, 1.807) is 35.8 Å². The lowest BCUT2D eigenvalue weighted by atomic mass is 10.1. The van der Waals surface area contributed by atoms with Crippen molar-refractivity contribution in [1.82, 2.24) is 10.3 Å². The van der Waals surface area contributed by atoms with Gasteiger partial charge in [0.05, 0.1) is 7.11 Å². The Balaban J connectivity index is 1.60. The SMILES string of the molecule is COc1cccc(N(CC(=O)NCCc2ccccc2)C(=O)CCC(=O)Nc2nccs2)c1. The summed E-state index contributed by atoms with van der Waals surface area (Å²) >= 11 is 1.30. The van der Waals surface area contributed by atoms with Crippen LogP contribution in [0.25, 0.3) is 0 Å². The average molecular weight is 467 g/mol. The Morgan fingerprint density at radius 2 is 1.85 bits per heavy atom. The molecule has 1 heterocycles. The molecule has 0 saturated heterocycles. The van der Waals surface area contributed by atoms with Gasteiger partial charge in [-0.1, -0.05) is 36.4 Å². The van der Waals surface area contributed by atoms with Crippen molar-refractivity contribution in [3.05, 3.63) is 71.7 Å². The second-order valence-corrected chi connectivity index (χ2v) is 8.05. The van der Waals surface area contributed by atoms with Gasteiger partial charge < -0.3 is 20.3 Å². The van der Waals surface area contributed by atoms with Gasteiger partial charge in [-0.05, 0) is 24.1 Å². The minimum atomic E-state index is -0.337. The van der Waals surface area contributed by atoms with Crippen molar-refractivity contribution >= 4 is 39.9 Å². The van der Waals surface area contributed by atoms with E-state index in [4.69, 9.17) is 4.74 Å². The summed E-state index contributed by atoms with van der Waals surface area (Å²) < 4.78 is 5.25. The topological polar surface area (TPSA) is 101 Å². The first kappa shape index (κ1) is 23.9. The summed E-state index contributed by atoms with van der Waals surface area (Å²) in [5, 5.41) is 7.75. The van der Waals surface area contributed by atoms with Crippen LogP contribution < -0.4 is 20.3 Å². The number of carbonyl (C=O) groups excluding carboxylic acids is 3. The van der Waals surface area contributed by atoms with E-state index in [-0.39, 0.29) is 37.1 Å². The zero-order chi connectivity index (χ0) is 23.5. The second-order valence-electron chi connectivity index (χ2n) is 7.15. The molecule has 3 rings (SSSR count). The molecule has 2 aromatic carbocycles. The summed E-state index contributed by atoms with van der Waals surface area (Å²) in [6.07, 6.45) is 2.21. The number of carbonyl (C=O) groups is 3. The van der Waals surface area contributed by atoms with Crippen LogP contribution in [0, 0.1) is 0 Å². The Labute approximate surface area is 196 Å². The molecular formula is C24H26N4O4S. The summed E-state index contributed by atoms with van der Waals surface area (Å²) in [4.78, 5) is 43.1. The van der Waals surface area contributed by atoms with E-state index in [1.165, 1.54) is 23.3 Å². The molecule has 9 heteroatoms. The third kappa shape index (κ3) is 7.73. The number of hydrogen-bond acceptors (Lipinski definition) is 6. The molecule has 172 valence electrons. The van der Waals surface area contributed by atoms with Gasteiger partial charge in [-0.25, -0.2) is 4.98 Å². The molecule has 0 atom stereocenters. The standard InChI is InChI=1S/C24H26N4O4S/c1-32-20-9-5-8-19(16-20)28(17-22(30)25-13-12-18-6-3-2-4-7-18)23(31)11-10-21(29)27-24-26-14-15-33-24/h2-9,14-16H,10-13,17H2,1H3,(H,25,30)(H,26,27,29). The summed E-state index contributed by atoms with van der Waals surface area (Å²) in [5.41, 5.74) is 1.64. The third-order valence-electron chi connectivity index (χ3n) is 4.79. The molecule has 33 heavy (non-hydrogen) atoms. The van der Waals surface area contributed by atoms with Crippen molar-refractivity contribution < 1.29 is 19.1 Å². The van der Waals surface area contributed by atoms with Gasteiger partial charge in [-0.3, -0.25) is 14.4 Å². The number of nitrogens with one attached hydrogen (secondary N) is 2. The van der Waals surface area contributed by atoms with Gasteiger partial charge in [0.25, 0.3) is 0 Å². The normalized spacial score (nSPS) is 10.3. The van der Waals surface area contributed by atoms with Crippen LogP contribution in [0.4, 0.5) is 10.8 Å². The fraction of sp³-hybridized carbons (Fsp3) is 0.250. The van der Waals surface area contributed by atoms with Crippen molar-refractivity contribution in [2.45, 2.75) is 19.3 Å². The predicted molar refractivity (Wildman–Crippen MR) is 128 cm³/mol. The minimum Gasteiger partial charge on any atom is -0.497 e. The molecule has 0 aliphatic rings. The molecule has 0 aliphatic carbocycles. The van der Waals surface area contributed by atoms with Crippen LogP contribution in [-0.4, -0.2) is 42.9 Å². The van der Waals surface area contributed by atoms with E-state index in [2.05, 4.69) is 15.6 Å². The van der Waals surface area contributed by atoms with E-state index < -0.39 is 0 Å². The van der Waals surface area contributed by atoms with Gasteiger partial charge in [0.2, 0.25) is 17.7 Å². The Hall–Kier alpha value is -3.72. The highest BCUT2D eigenvalue weighted by atomic mass is 32.1. The number of thiazole rings is 1. The highest BCUT2D eigenvalue weighted by Gasteiger charge is 2.21. The number of ether oxygens (including phenoxy) is 1. The monoisotopic (exact) mass is 466 g/mol. The van der Waals surface area contributed by atoms with Crippen LogP contribution in [0.2, 0.25) is 0 Å². The summed E-state index contributed by atoms with van der Waals surface area (Å²) in [5.74, 6) is -0.363. The maximum atomic E-state index is 13.0. The molecule has 8 nitrogen and oxygen atoms in total. The average Bonchev–Trinajstić information content (AvgIpc) is 3.34. The first-order valence-corrected chi connectivity index (χ1v) is 11.4. The van der Waals surface area contributed by atoms with Crippen LogP contribution in [0.5, 0.6) is 5.75 Å². The number of rotatable bonds is 11. The van der Waals surface area contributed by atoms with Crippen molar-refractivity contribution in [3.8, 4) is 5.75 Å². The highest BCUT2D eigenvalue weighted by Crippen LogP contribution is 2.22. The number of benzene rings is 2. The van der Waals surface area contributed by atoms with Crippen molar-refractivity contribution in [3.63, 3.8) is 0 Å². The third-order valence-corrected chi connectivity index (χ3v) is 5.48. The van der Waals surface area contributed by atoms with Crippen LogP contribution in [0.3, 0.4) is 0 Å². The quantitative estimate of drug-likeness (QED) is 0.452. The Morgan fingerprint density at radius 1 is 1.03 bits per heavy atom. The molecule has 0 radical (unpaired) electrons. The molecule has 1 aromatic heterocycles. The molecule has 0 bridgehead atoms. The molecule has 0 fully saturated rings. The summed E-state index contributed by atoms with van der Waals surface area (Å²) in [6, 6.07) is 16.7. The summed E-state index contributed by atoms with van der Waals surface area (Å²) in [7, 11) is 1.53. The maximum Gasteiger partial charge on any atom is 0.240 e. The van der Waals surface area contributed by atoms with Crippen LogP contribution in [-0.2, 0) is 20.8 Å². The van der Waals surface area contributed by atoms with Crippen LogP contribution >= 0.6 is 11.3 Å². The summed E-state index contributed by atoms with van der Waals surface area (Å²) in [6.45, 7) is 0.300. The van der Waals surface area contributed by atoms with E-state index in [0.29, 0.717) is 29.5 Å². The first-order chi connectivity index (χ1) is 16.0. The lowest BCUT2D eigenvalue weighted by molar-refractivity contribution is -0.125. The number of methoxy groups -OCH3 is 1. The fourth-order valence-corrected chi connectivity index (χ4v) is 3.66. The number of aromatic nitrogens is 1. The number of amides is 3. The fourth-order valence-electron chi connectivity index (χ4n) is 3.11. The molecule has 2 N–H and O–H groups in total. The minimum absolute atomic E-state index is 0.0193. The van der Waals surface area contributed by atoms with Gasteiger partial charge in [0, 0.05) is 42.7 Å². The van der Waals surface area contributed by atoms with Crippen molar-refractivity contribution in [1.29, 1.82) is 0 Å². The molecular weight excluding hydrogens is 440 g/mol. The number of hydrogen-bond donors (Lipinski definition) is 2. The van der Waals surface area contributed by atoms with Gasteiger partial charge in [-0.15, -0.1) is 11.3 Å². The molecule has 0 unspecified atom stereocenters. The molecule has 0 spiro atoms. The second kappa shape index (κ2) is 12.4.